The Morgan fingerprint density at radius 1 is 1.39 bits per heavy atom. The number of anilines is 3. The monoisotopic (exact) mass is 403 g/mol. The maximum atomic E-state index is 12.4. The number of hydrogen-bond acceptors (Lipinski definition) is 6. The molecule has 7 nitrogen and oxygen atoms in total. The summed E-state index contributed by atoms with van der Waals surface area (Å²) in [7, 11) is 1.68. The molecule has 0 aliphatic carbocycles. The minimum atomic E-state index is -4.22. The maximum absolute atomic E-state index is 12.4. The van der Waals surface area contributed by atoms with Crippen molar-refractivity contribution < 1.29 is 22.7 Å². The van der Waals surface area contributed by atoms with Crippen LogP contribution in [0, 0.1) is 6.92 Å². The molecule has 1 saturated heterocycles. The molecule has 0 saturated carbocycles. The highest BCUT2D eigenvalue weighted by Crippen LogP contribution is 2.30. The van der Waals surface area contributed by atoms with Crippen molar-refractivity contribution in [2.75, 3.05) is 42.6 Å². The molecule has 3 N–H and O–H groups in total. The van der Waals surface area contributed by atoms with E-state index >= 15 is 0 Å². The molecule has 158 valence electrons. The Hall–Kier alpha value is -2.39. The number of carbonyl (C=O) groups excluding carboxylic acids is 1. The second kappa shape index (κ2) is 7.92. The Balaban J connectivity index is 1.99. The van der Waals surface area contributed by atoms with Gasteiger partial charge in [0.2, 0.25) is 0 Å². The standard InChI is InChI=1S/C18H28F3N5O2/c1-11-13(23-7-6-18(19,20)21)8-14(24-15(11)22)26-9-12(10-26)25(5)16(27)28-17(2,3)4/h8,12H,6-7,9-10H2,1-5H3,(H3,22,23,24). The van der Waals surface area contributed by atoms with Gasteiger partial charge >= 0.3 is 12.3 Å². The smallest absolute Gasteiger partial charge is 0.410 e. The molecule has 0 spiro atoms. The zero-order chi connectivity index (χ0) is 21.3. The minimum absolute atomic E-state index is 0.0409. The summed E-state index contributed by atoms with van der Waals surface area (Å²) < 4.78 is 42.5. The van der Waals surface area contributed by atoms with Crippen molar-refractivity contribution in [2.45, 2.75) is 51.9 Å². The molecule has 1 aliphatic heterocycles. The predicted octanol–water partition coefficient (Wildman–Crippen LogP) is 3.39. The van der Waals surface area contributed by atoms with Crippen LogP contribution in [0.3, 0.4) is 0 Å². The lowest BCUT2D eigenvalue weighted by Gasteiger charge is -2.44. The van der Waals surface area contributed by atoms with Gasteiger partial charge in [0.25, 0.3) is 0 Å². The summed E-state index contributed by atoms with van der Waals surface area (Å²) in [4.78, 5) is 19.9. The number of hydrogen-bond donors (Lipinski definition) is 2. The summed E-state index contributed by atoms with van der Waals surface area (Å²) in [6.07, 6.45) is -5.56. The van der Waals surface area contributed by atoms with Gasteiger partial charge in [0.05, 0.1) is 12.5 Å². The van der Waals surface area contributed by atoms with Gasteiger partial charge in [0.15, 0.2) is 0 Å². The van der Waals surface area contributed by atoms with Crippen LogP contribution in [-0.4, -0.2) is 60.5 Å². The highest BCUT2D eigenvalue weighted by Gasteiger charge is 2.35. The van der Waals surface area contributed by atoms with E-state index in [1.165, 1.54) is 0 Å². The van der Waals surface area contributed by atoms with Crippen molar-refractivity contribution in [3.05, 3.63) is 11.6 Å². The molecule has 1 aromatic rings. The third-order valence-electron chi connectivity index (χ3n) is 4.44. The molecule has 0 unspecified atom stereocenters. The number of aromatic nitrogens is 1. The first-order chi connectivity index (χ1) is 12.8. The van der Waals surface area contributed by atoms with Crippen molar-refractivity contribution in [2.24, 2.45) is 0 Å². The summed E-state index contributed by atoms with van der Waals surface area (Å²) in [6, 6.07) is 1.65. The molecule has 1 amide bonds. The summed E-state index contributed by atoms with van der Waals surface area (Å²) in [5.41, 5.74) is 6.48. The van der Waals surface area contributed by atoms with Gasteiger partial charge in [-0.1, -0.05) is 0 Å². The largest absolute Gasteiger partial charge is 0.444 e. The van der Waals surface area contributed by atoms with Crippen LogP contribution in [-0.2, 0) is 4.74 Å². The highest BCUT2D eigenvalue weighted by atomic mass is 19.4. The van der Waals surface area contributed by atoms with E-state index in [9.17, 15) is 18.0 Å². The molecule has 2 rings (SSSR count). The number of nitrogen functional groups attached to an aromatic ring is 1. The fraction of sp³-hybridized carbons (Fsp3) is 0.667. The highest BCUT2D eigenvalue weighted by molar-refractivity contribution is 5.70. The topological polar surface area (TPSA) is 83.7 Å². The zero-order valence-corrected chi connectivity index (χ0v) is 16.9. The number of rotatable bonds is 5. The van der Waals surface area contributed by atoms with Gasteiger partial charge in [-0.2, -0.15) is 13.2 Å². The van der Waals surface area contributed by atoms with Crippen molar-refractivity contribution in [3.8, 4) is 0 Å². The van der Waals surface area contributed by atoms with Gasteiger partial charge in [-0.25, -0.2) is 9.78 Å². The van der Waals surface area contributed by atoms with Crippen molar-refractivity contribution in [3.63, 3.8) is 0 Å². The van der Waals surface area contributed by atoms with Crippen LogP contribution in [0.1, 0.15) is 32.8 Å². The number of pyridine rings is 1. The average Bonchev–Trinajstić information content (AvgIpc) is 2.47. The maximum Gasteiger partial charge on any atom is 0.410 e. The van der Waals surface area contributed by atoms with Gasteiger partial charge in [0.1, 0.15) is 17.2 Å². The normalized spacial score (nSPS) is 15.2. The van der Waals surface area contributed by atoms with E-state index in [1.54, 1.807) is 45.7 Å². The summed E-state index contributed by atoms with van der Waals surface area (Å²) in [6.45, 7) is 7.95. The molecule has 1 aromatic heterocycles. The van der Waals surface area contributed by atoms with Crippen molar-refractivity contribution in [1.82, 2.24) is 9.88 Å². The molecule has 0 atom stereocenters. The quantitative estimate of drug-likeness (QED) is 0.784. The average molecular weight is 403 g/mol. The van der Waals surface area contributed by atoms with Gasteiger partial charge in [-0.05, 0) is 27.7 Å². The SMILES string of the molecule is Cc1c(NCCC(F)(F)F)cc(N2CC(N(C)C(=O)OC(C)(C)C)C2)nc1N. The van der Waals surface area contributed by atoms with Crippen LogP contribution in [0.4, 0.5) is 35.3 Å². The zero-order valence-electron chi connectivity index (χ0n) is 16.9. The molecule has 1 aliphatic rings. The molecule has 0 bridgehead atoms. The molecule has 1 fully saturated rings. The van der Waals surface area contributed by atoms with Gasteiger partial charge < -0.3 is 25.6 Å². The number of alkyl halides is 3. The molecular weight excluding hydrogens is 375 g/mol. The summed E-state index contributed by atoms with van der Waals surface area (Å²) in [5.74, 6) is 0.822. The number of halogens is 3. The number of nitrogens with two attached hydrogens (primary N) is 1. The van der Waals surface area contributed by atoms with E-state index in [0.29, 0.717) is 30.2 Å². The van der Waals surface area contributed by atoms with E-state index in [4.69, 9.17) is 10.5 Å². The fourth-order valence-corrected chi connectivity index (χ4v) is 2.67. The molecule has 0 aromatic carbocycles. The second-order valence-electron chi connectivity index (χ2n) is 7.98. The lowest BCUT2D eigenvalue weighted by atomic mass is 10.1. The van der Waals surface area contributed by atoms with E-state index < -0.39 is 24.3 Å². The minimum Gasteiger partial charge on any atom is -0.444 e. The number of amides is 1. The first kappa shape index (κ1) is 21.9. The number of nitrogens with zero attached hydrogens (tertiary/aromatic N) is 3. The predicted molar refractivity (Wildman–Crippen MR) is 103 cm³/mol. The van der Waals surface area contributed by atoms with E-state index in [2.05, 4.69) is 10.3 Å². The summed E-state index contributed by atoms with van der Waals surface area (Å²) in [5, 5.41) is 2.78. The second-order valence-corrected chi connectivity index (χ2v) is 7.98. The molecule has 2 heterocycles. The van der Waals surface area contributed by atoms with Crippen molar-refractivity contribution >= 4 is 23.4 Å². The Morgan fingerprint density at radius 3 is 2.54 bits per heavy atom. The van der Waals surface area contributed by atoms with Crippen LogP contribution in [0.15, 0.2) is 6.07 Å². The Kier molecular flexibility index (Phi) is 6.20. The van der Waals surface area contributed by atoms with E-state index in [-0.39, 0.29) is 18.4 Å². The van der Waals surface area contributed by atoms with Gasteiger partial charge in [0, 0.05) is 44.0 Å². The van der Waals surface area contributed by atoms with Crippen LogP contribution >= 0.6 is 0 Å². The number of nitrogens with one attached hydrogen (secondary N) is 1. The Morgan fingerprint density at radius 2 is 2.00 bits per heavy atom. The first-order valence-electron chi connectivity index (χ1n) is 9.05. The third kappa shape index (κ3) is 5.80. The summed E-state index contributed by atoms with van der Waals surface area (Å²) >= 11 is 0. The number of likely N-dealkylation sites (N-methyl/N-ethyl adjacent to an activating group) is 1. The lowest BCUT2D eigenvalue weighted by Crippen LogP contribution is -2.60. The van der Waals surface area contributed by atoms with Gasteiger partial charge in [-0.15, -0.1) is 0 Å². The van der Waals surface area contributed by atoms with Crippen LogP contribution in [0.5, 0.6) is 0 Å². The fourth-order valence-electron chi connectivity index (χ4n) is 2.67. The number of carbonyl (C=O) groups is 1. The molecular formula is C18H28F3N5O2. The molecule has 10 heteroatoms. The Bertz CT molecular complexity index is 712. The van der Waals surface area contributed by atoms with E-state index in [1.807, 2.05) is 4.90 Å². The van der Waals surface area contributed by atoms with E-state index in [0.717, 1.165) is 0 Å². The molecule has 28 heavy (non-hydrogen) atoms. The van der Waals surface area contributed by atoms with Gasteiger partial charge in [-0.3, -0.25) is 0 Å². The third-order valence-corrected chi connectivity index (χ3v) is 4.44. The molecule has 0 radical (unpaired) electrons. The van der Waals surface area contributed by atoms with Crippen molar-refractivity contribution in [1.29, 1.82) is 0 Å². The first-order valence-corrected chi connectivity index (χ1v) is 9.05. The van der Waals surface area contributed by atoms with Crippen LogP contribution < -0.4 is 16.0 Å². The van der Waals surface area contributed by atoms with Crippen LogP contribution in [0.25, 0.3) is 0 Å². The lowest BCUT2D eigenvalue weighted by molar-refractivity contribution is -0.131. The Labute approximate surface area is 163 Å². The number of ether oxygens (including phenoxy) is 1. The van der Waals surface area contributed by atoms with Crippen LogP contribution in [0.2, 0.25) is 0 Å².